The van der Waals surface area contributed by atoms with Gasteiger partial charge in [0.2, 0.25) is 15.7 Å². The molecule has 0 radical (unpaired) electrons. The van der Waals surface area contributed by atoms with Gasteiger partial charge in [0.15, 0.2) is 0 Å². The van der Waals surface area contributed by atoms with Crippen LogP contribution in [0.1, 0.15) is 25.7 Å². The van der Waals surface area contributed by atoms with E-state index in [4.69, 9.17) is 28.1 Å². The average Bonchev–Trinajstić information content (AvgIpc) is 3.36. The number of sulfonamides is 1. The molecule has 170 valence electrons. The number of para-hydroxylation sites is 1. The number of carbonyl (C=O) groups excluding carboxylic acids is 1. The van der Waals surface area contributed by atoms with E-state index in [9.17, 15) is 13.2 Å². The molecule has 0 spiro atoms. The molecule has 2 N–H and O–H groups in total. The van der Waals surface area contributed by atoms with Gasteiger partial charge in [0.25, 0.3) is 0 Å². The molecule has 0 amide bonds. The molecule has 1 aliphatic carbocycles. The van der Waals surface area contributed by atoms with E-state index in [0.717, 1.165) is 25.5 Å². The van der Waals surface area contributed by atoms with Crippen molar-refractivity contribution in [2.24, 2.45) is 5.92 Å². The van der Waals surface area contributed by atoms with E-state index in [0.29, 0.717) is 17.9 Å². The maximum absolute atomic E-state index is 13.2. The molecular weight excluding hydrogens is 454 g/mol. The number of hydrogen-bond donors (Lipinski definition) is 2. The zero-order valence-corrected chi connectivity index (χ0v) is 19.0. The Hall–Kier alpha value is -2.48. The first-order valence-corrected chi connectivity index (χ1v) is 11.9. The molecule has 1 saturated heterocycles. The number of carbonyl (C=O) groups is 1. The van der Waals surface area contributed by atoms with Crippen LogP contribution in [0.4, 0.5) is 5.69 Å². The van der Waals surface area contributed by atoms with Crippen LogP contribution in [-0.4, -0.2) is 43.3 Å². The number of halogens is 1. The molecule has 2 aromatic carbocycles. The molecule has 0 bridgehead atoms. The van der Waals surface area contributed by atoms with Gasteiger partial charge in [-0.2, -0.15) is 4.31 Å². The number of rotatable bonds is 5. The smallest absolute Gasteiger partial charge is 0.246 e. The van der Waals surface area contributed by atoms with Gasteiger partial charge < -0.3 is 14.7 Å². The second kappa shape index (κ2) is 10.4. The van der Waals surface area contributed by atoms with Crippen LogP contribution in [0.5, 0.6) is 11.5 Å². The van der Waals surface area contributed by atoms with Crippen molar-refractivity contribution in [1.82, 2.24) is 9.79 Å². The number of hydrogen-bond acceptors (Lipinski definition) is 6. The molecular formula is C22H24ClN3O5S. The molecule has 3 atom stereocenters. The van der Waals surface area contributed by atoms with E-state index in [2.05, 4.69) is 4.85 Å². The number of nitrogens with one attached hydrogen (secondary N) is 1. The van der Waals surface area contributed by atoms with Crippen molar-refractivity contribution in [3.05, 3.63) is 58.9 Å². The van der Waals surface area contributed by atoms with Gasteiger partial charge in [-0.15, -0.1) is 0 Å². The topological polar surface area (TPSA) is 100 Å². The highest BCUT2D eigenvalue weighted by Gasteiger charge is 2.49. The second-order valence-electron chi connectivity index (χ2n) is 7.53. The third-order valence-electron chi connectivity index (χ3n) is 5.66. The molecule has 1 heterocycles. The normalized spacial score (nSPS) is 22.4. The summed E-state index contributed by atoms with van der Waals surface area (Å²) in [6.07, 6.45) is 4.10. The summed E-state index contributed by atoms with van der Waals surface area (Å²) in [6, 6.07) is 10.2. The molecule has 8 nitrogen and oxygen atoms in total. The Morgan fingerprint density at radius 2 is 1.94 bits per heavy atom. The average molecular weight is 478 g/mol. The van der Waals surface area contributed by atoms with Crippen molar-refractivity contribution >= 4 is 33.6 Å². The minimum Gasteiger partial charge on any atom is -0.468 e. The lowest BCUT2D eigenvalue weighted by molar-refractivity contribution is -0.110. The van der Waals surface area contributed by atoms with Gasteiger partial charge in [-0.1, -0.05) is 30.2 Å². The first-order valence-electron chi connectivity index (χ1n) is 10.1. The molecule has 10 heteroatoms. The maximum atomic E-state index is 13.2. The highest BCUT2D eigenvalue weighted by Crippen LogP contribution is 2.44. The van der Waals surface area contributed by atoms with E-state index < -0.39 is 16.1 Å². The molecule has 1 aliphatic heterocycles. The standard InChI is InChI=1S/C21H19ClN2O4S.CH5NO/c1-23-21-18(22)5-3-7-20(21)28-16-8-10-17(11-9-16)29(26,27)24-15(13-25)12-14-4-2-6-19(14)24;1-2-3/h3,5,7-11,13-15,19H,2,4,6,12H2;2-3H,1H3/t14-,15-,19-;/m1./s1. The van der Waals surface area contributed by atoms with Crippen LogP contribution in [0.2, 0.25) is 5.02 Å². The first kappa shape index (κ1) is 24.2. The van der Waals surface area contributed by atoms with Gasteiger partial charge in [-0.05, 0) is 55.5 Å². The fraction of sp³-hybridized carbons (Fsp3) is 0.364. The molecule has 32 heavy (non-hydrogen) atoms. The summed E-state index contributed by atoms with van der Waals surface area (Å²) in [6.45, 7) is 7.25. The van der Waals surface area contributed by atoms with E-state index >= 15 is 0 Å². The van der Waals surface area contributed by atoms with E-state index in [-0.39, 0.29) is 27.6 Å². The van der Waals surface area contributed by atoms with Crippen molar-refractivity contribution in [3.8, 4) is 11.5 Å². The lowest BCUT2D eigenvalue weighted by Gasteiger charge is -2.26. The van der Waals surface area contributed by atoms with Crippen molar-refractivity contribution in [2.75, 3.05) is 7.05 Å². The van der Waals surface area contributed by atoms with Crippen LogP contribution in [-0.2, 0) is 14.8 Å². The Morgan fingerprint density at radius 1 is 1.25 bits per heavy atom. The highest BCUT2D eigenvalue weighted by atomic mass is 35.5. The Kier molecular flexibility index (Phi) is 7.87. The second-order valence-corrected chi connectivity index (χ2v) is 9.78. The van der Waals surface area contributed by atoms with Gasteiger partial charge in [-0.3, -0.25) is 0 Å². The van der Waals surface area contributed by atoms with Gasteiger partial charge in [0, 0.05) is 13.1 Å². The molecule has 2 aromatic rings. The minimum atomic E-state index is -3.79. The van der Waals surface area contributed by atoms with Crippen molar-refractivity contribution in [2.45, 2.75) is 42.7 Å². The Bertz CT molecular complexity index is 1100. The van der Waals surface area contributed by atoms with Crippen LogP contribution in [0.3, 0.4) is 0 Å². The predicted molar refractivity (Wildman–Crippen MR) is 120 cm³/mol. The third kappa shape index (κ3) is 4.80. The van der Waals surface area contributed by atoms with Gasteiger partial charge in [-0.25, -0.2) is 18.7 Å². The molecule has 1 saturated carbocycles. The van der Waals surface area contributed by atoms with Gasteiger partial charge >= 0.3 is 0 Å². The lowest BCUT2D eigenvalue weighted by Crippen LogP contribution is -2.41. The summed E-state index contributed by atoms with van der Waals surface area (Å²) in [5, 5.41) is 7.61. The maximum Gasteiger partial charge on any atom is 0.246 e. The molecule has 2 aliphatic rings. The lowest BCUT2D eigenvalue weighted by atomic mass is 10.0. The van der Waals surface area contributed by atoms with Gasteiger partial charge in [0.05, 0.1) is 22.5 Å². The Morgan fingerprint density at radius 3 is 2.56 bits per heavy atom. The number of nitrogens with zero attached hydrogens (tertiary/aromatic N) is 2. The number of ether oxygens (including phenoxy) is 1. The largest absolute Gasteiger partial charge is 0.468 e. The summed E-state index contributed by atoms with van der Waals surface area (Å²) in [5.74, 6) is 0.957. The number of aldehydes is 1. The van der Waals surface area contributed by atoms with E-state index in [1.807, 2.05) is 0 Å². The van der Waals surface area contributed by atoms with E-state index in [1.54, 1.807) is 35.8 Å². The van der Waals surface area contributed by atoms with Crippen LogP contribution in [0.15, 0.2) is 47.4 Å². The highest BCUT2D eigenvalue weighted by molar-refractivity contribution is 7.89. The monoisotopic (exact) mass is 477 g/mol. The van der Waals surface area contributed by atoms with E-state index in [1.165, 1.54) is 23.5 Å². The first-order chi connectivity index (χ1) is 15.4. The predicted octanol–water partition coefficient (Wildman–Crippen LogP) is 4.41. The third-order valence-corrected chi connectivity index (χ3v) is 7.93. The SMILES string of the molecule is CNO.[C-]#[N+]c1c(Cl)cccc1Oc1ccc(S(=O)(=O)N2[C@@H]3CCC[C@@H]3C[C@@H]2C=O)cc1. The Labute approximate surface area is 192 Å². The van der Waals surface area contributed by atoms with Crippen LogP contribution in [0.25, 0.3) is 4.85 Å². The van der Waals surface area contributed by atoms with Crippen molar-refractivity contribution in [1.29, 1.82) is 0 Å². The van der Waals surface area contributed by atoms with Crippen LogP contribution < -0.4 is 10.2 Å². The fourth-order valence-electron chi connectivity index (χ4n) is 4.37. The summed E-state index contributed by atoms with van der Waals surface area (Å²) < 4.78 is 33.6. The fourth-order valence-corrected chi connectivity index (χ4v) is 6.43. The van der Waals surface area contributed by atoms with Crippen molar-refractivity contribution < 1.29 is 23.2 Å². The summed E-state index contributed by atoms with van der Waals surface area (Å²) in [5.41, 5.74) is 1.95. The summed E-state index contributed by atoms with van der Waals surface area (Å²) >= 11 is 6.02. The minimum absolute atomic E-state index is 0.0983. The number of hydroxylamine groups is 1. The summed E-state index contributed by atoms with van der Waals surface area (Å²) in [7, 11) is -2.36. The number of benzene rings is 2. The summed E-state index contributed by atoms with van der Waals surface area (Å²) in [4.78, 5) is 15.0. The zero-order chi connectivity index (χ0) is 23.3. The van der Waals surface area contributed by atoms with Crippen LogP contribution in [0, 0.1) is 12.5 Å². The number of fused-ring (bicyclic) bond motifs is 1. The Balaban J connectivity index is 0.000000913. The molecule has 4 rings (SSSR count). The molecule has 2 fully saturated rings. The molecule has 0 unspecified atom stereocenters. The quantitative estimate of drug-likeness (QED) is 0.376. The molecule has 0 aromatic heterocycles. The zero-order valence-electron chi connectivity index (χ0n) is 17.4. The van der Waals surface area contributed by atoms with Crippen LogP contribution >= 0.6 is 11.6 Å². The van der Waals surface area contributed by atoms with Crippen molar-refractivity contribution in [3.63, 3.8) is 0 Å². The van der Waals surface area contributed by atoms with Gasteiger partial charge in [0.1, 0.15) is 17.8 Å².